The molecule has 154 valence electrons. The Bertz CT molecular complexity index is 579. The number of likely N-dealkylation sites (N-methyl/N-ethyl adjacent to an activating group) is 1. The summed E-state index contributed by atoms with van der Waals surface area (Å²) in [6.45, 7) is 8.05. The molecule has 1 amide bonds. The lowest BCUT2D eigenvalue weighted by Crippen LogP contribution is -2.45. The zero-order chi connectivity index (χ0) is 20.8. The van der Waals surface area contributed by atoms with Crippen molar-refractivity contribution in [2.45, 2.75) is 45.8 Å². The highest BCUT2D eigenvalue weighted by atomic mass is 19.4. The molecule has 0 aromatic carbocycles. The largest absolute Gasteiger partial charge is 0.416 e. The van der Waals surface area contributed by atoms with Gasteiger partial charge >= 0.3 is 6.18 Å². The highest BCUT2D eigenvalue weighted by molar-refractivity contribution is 5.80. The Hall–Kier alpha value is -1.83. The zero-order valence-corrected chi connectivity index (χ0v) is 16.4. The molecule has 1 aliphatic heterocycles. The van der Waals surface area contributed by atoms with Gasteiger partial charge in [-0.15, -0.1) is 0 Å². The third-order valence-electron chi connectivity index (χ3n) is 4.60. The van der Waals surface area contributed by atoms with Crippen LogP contribution >= 0.6 is 0 Å². The van der Waals surface area contributed by atoms with E-state index in [1.807, 2.05) is 13.8 Å². The van der Waals surface area contributed by atoms with E-state index in [-0.39, 0.29) is 24.2 Å². The second-order valence-electron chi connectivity index (χ2n) is 7.70. The molecule has 0 spiro atoms. The molecule has 1 atom stereocenters. The third kappa shape index (κ3) is 7.36. The number of rotatable bonds is 10. The molecule has 8 heteroatoms. The molecule has 27 heavy (non-hydrogen) atoms. The van der Waals surface area contributed by atoms with Crippen molar-refractivity contribution in [2.24, 2.45) is 17.6 Å². The van der Waals surface area contributed by atoms with E-state index in [9.17, 15) is 22.8 Å². The Kier molecular flexibility index (Phi) is 8.53. The molecule has 5 nitrogen and oxygen atoms in total. The fraction of sp³-hybridized carbons (Fsp3) is 0.684. The Balaban J connectivity index is 3.12. The van der Waals surface area contributed by atoms with Crippen LogP contribution in [-0.4, -0.2) is 60.9 Å². The van der Waals surface area contributed by atoms with E-state index in [0.717, 1.165) is 13.1 Å². The molecule has 0 bridgehead atoms. The van der Waals surface area contributed by atoms with Gasteiger partial charge in [0.15, 0.2) is 0 Å². The average Bonchev–Trinajstić information content (AvgIpc) is 2.50. The van der Waals surface area contributed by atoms with Crippen LogP contribution in [0.2, 0.25) is 0 Å². The molecule has 0 aromatic heterocycles. The van der Waals surface area contributed by atoms with Crippen molar-refractivity contribution in [1.82, 2.24) is 9.80 Å². The number of primary amides is 1. The first-order valence-electron chi connectivity index (χ1n) is 9.13. The number of nitrogens with two attached hydrogens (primary N) is 1. The standard InChI is InChI=1S/C19H30F3N3O2/c1-13(2)9-17(18(23)27)24(4)12-15(5-7-25-10-14(3)11-25)16(6-8-26)19(20,21)22/h6,8,12-14,17H,5,7,9-11H2,1-4H3,(H2,23,27)/b15-12-,16-6+. The van der Waals surface area contributed by atoms with Gasteiger partial charge in [0.05, 0.1) is 5.57 Å². The molecule has 1 saturated heterocycles. The molecule has 0 radical (unpaired) electrons. The predicted molar refractivity (Wildman–Crippen MR) is 98.7 cm³/mol. The summed E-state index contributed by atoms with van der Waals surface area (Å²) in [6, 6.07) is -0.713. The van der Waals surface area contributed by atoms with Crippen molar-refractivity contribution >= 4 is 12.2 Å². The molecule has 1 rings (SSSR count). The summed E-state index contributed by atoms with van der Waals surface area (Å²) in [5.41, 5.74) is 4.44. The van der Waals surface area contributed by atoms with Gasteiger partial charge in [-0.05, 0) is 36.3 Å². The van der Waals surface area contributed by atoms with Crippen LogP contribution in [0.1, 0.15) is 33.6 Å². The van der Waals surface area contributed by atoms with Gasteiger partial charge in [-0.3, -0.25) is 9.59 Å². The van der Waals surface area contributed by atoms with E-state index in [0.29, 0.717) is 25.0 Å². The van der Waals surface area contributed by atoms with Crippen molar-refractivity contribution in [3.05, 3.63) is 23.4 Å². The summed E-state index contributed by atoms with van der Waals surface area (Å²) >= 11 is 0. The molecule has 0 saturated carbocycles. The van der Waals surface area contributed by atoms with Crippen LogP contribution in [0.4, 0.5) is 13.2 Å². The van der Waals surface area contributed by atoms with Gasteiger partial charge in [0, 0.05) is 32.9 Å². The van der Waals surface area contributed by atoms with Crippen molar-refractivity contribution in [3.8, 4) is 0 Å². The number of alkyl halides is 3. The maximum absolute atomic E-state index is 13.5. The predicted octanol–water partition coefficient (Wildman–Crippen LogP) is 2.73. The minimum atomic E-state index is -4.66. The first-order chi connectivity index (χ1) is 12.5. The fourth-order valence-corrected chi connectivity index (χ4v) is 3.28. The summed E-state index contributed by atoms with van der Waals surface area (Å²) in [5.74, 6) is 0.0984. The summed E-state index contributed by atoms with van der Waals surface area (Å²) in [6.07, 6.45) is -2.11. The smallest absolute Gasteiger partial charge is 0.368 e. The maximum atomic E-state index is 13.5. The van der Waals surface area contributed by atoms with E-state index in [4.69, 9.17) is 5.73 Å². The lowest BCUT2D eigenvalue weighted by atomic mass is 9.98. The SMILES string of the molecule is CC(C)CC(C(N)=O)N(C)/C=C(CCN1CC(C)C1)\C(=C/C=O)C(F)(F)F. The lowest BCUT2D eigenvalue weighted by molar-refractivity contribution is -0.122. The summed E-state index contributed by atoms with van der Waals surface area (Å²) < 4.78 is 40.4. The number of halogens is 3. The summed E-state index contributed by atoms with van der Waals surface area (Å²) in [7, 11) is 1.54. The second kappa shape index (κ2) is 9.92. The van der Waals surface area contributed by atoms with Gasteiger partial charge in [-0.25, -0.2) is 0 Å². The van der Waals surface area contributed by atoms with Crippen LogP contribution in [0.5, 0.6) is 0 Å². The highest BCUT2D eigenvalue weighted by Crippen LogP contribution is 2.33. The van der Waals surface area contributed by atoms with Crippen LogP contribution in [0.15, 0.2) is 23.4 Å². The van der Waals surface area contributed by atoms with E-state index in [2.05, 4.69) is 11.8 Å². The molecule has 1 fully saturated rings. The number of carbonyl (C=O) groups excluding carboxylic acids is 2. The van der Waals surface area contributed by atoms with Crippen LogP contribution in [0.3, 0.4) is 0 Å². The minimum Gasteiger partial charge on any atom is -0.368 e. The summed E-state index contributed by atoms with van der Waals surface area (Å²) in [4.78, 5) is 26.0. The minimum absolute atomic E-state index is 0.0216. The number of carbonyl (C=O) groups is 2. The van der Waals surface area contributed by atoms with Gasteiger partial charge in [0.2, 0.25) is 5.91 Å². The normalized spacial score (nSPS) is 18.4. The molecule has 0 aliphatic carbocycles. The molecular formula is C19H30F3N3O2. The van der Waals surface area contributed by atoms with Crippen LogP contribution in [0, 0.1) is 11.8 Å². The highest BCUT2D eigenvalue weighted by Gasteiger charge is 2.36. The monoisotopic (exact) mass is 389 g/mol. The Morgan fingerprint density at radius 3 is 2.33 bits per heavy atom. The number of amides is 1. The second-order valence-corrected chi connectivity index (χ2v) is 7.70. The number of nitrogens with zero attached hydrogens (tertiary/aromatic N) is 2. The van der Waals surface area contributed by atoms with Crippen LogP contribution in [0.25, 0.3) is 0 Å². The number of hydrogen-bond acceptors (Lipinski definition) is 4. The molecule has 0 aromatic rings. The number of likely N-dealkylation sites (tertiary alicyclic amines) is 1. The molecular weight excluding hydrogens is 359 g/mol. The van der Waals surface area contributed by atoms with E-state index >= 15 is 0 Å². The van der Waals surface area contributed by atoms with E-state index in [1.54, 1.807) is 7.05 Å². The maximum Gasteiger partial charge on any atom is 0.416 e. The van der Waals surface area contributed by atoms with Crippen LogP contribution in [-0.2, 0) is 9.59 Å². The van der Waals surface area contributed by atoms with Crippen molar-refractivity contribution in [1.29, 1.82) is 0 Å². The van der Waals surface area contributed by atoms with Gasteiger partial charge in [-0.1, -0.05) is 20.8 Å². The van der Waals surface area contributed by atoms with E-state index < -0.39 is 23.7 Å². The molecule has 1 aliphatic rings. The number of hydrogen-bond donors (Lipinski definition) is 1. The number of allylic oxidation sites excluding steroid dienone is 2. The van der Waals surface area contributed by atoms with Crippen molar-refractivity contribution in [2.75, 3.05) is 26.7 Å². The number of aldehydes is 1. The fourth-order valence-electron chi connectivity index (χ4n) is 3.28. The lowest BCUT2D eigenvalue weighted by Gasteiger charge is -2.37. The van der Waals surface area contributed by atoms with Crippen molar-refractivity contribution in [3.63, 3.8) is 0 Å². The average molecular weight is 389 g/mol. The van der Waals surface area contributed by atoms with Gasteiger partial charge in [-0.2, -0.15) is 13.2 Å². The van der Waals surface area contributed by atoms with Crippen LogP contribution < -0.4 is 5.73 Å². The topological polar surface area (TPSA) is 66.6 Å². The Morgan fingerprint density at radius 2 is 1.93 bits per heavy atom. The van der Waals surface area contributed by atoms with Crippen molar-refractivity contribution < 1.29 is 22.8 Å². The van der Waals surface area contributed by atoms with Gasteiger partial charge in [0.25, 0.3) is 0 Å². The molecule has 1 heterocycles. The molecule has 1 unspecified atom stereocenters. The summed E-state index contributed by atoms with van der Waals surface area (Å²) in [5, 5.41) is 0. The Morgan fingerprint density at radius 1 is 1.33 bits per heavy atom. The quantitative estimate of drug-likeness (QED) is 0.354. The van der Waals surface area contributed by atoms with Gasteiger partial charge < -0.3 is 15.5 Å². The third-order valence-corrected chi connectivity index (χ3v) is 4.60. The Labute approximate surface area is 159 Å². The van der Waals surface area contributed by atoms with E-state index in [1.165, 1.54) is 11.1 Å². The molecule has 2 N–H and O–H groups in total. The first kappa shape index (κ1) is 23.2. The first-order valence-corrected chi connectivity index (χ1v) is 9.13. The van der Waals surface area contributed by atoms with Gasteiger partial charge in [0.1, 0.15) is 12.3 Å². The zero-order valence-electron chi connectivity index (χ0n) is 16.4.